The summed E-state index contributed by atoms with van der Waals surface area (Å²) in [6.07, 6.45) is 8.96. The highest BCUT2D eigenvalue weighted by Gasteiger charge is 2.41. The van der Waals surface area contributed by atoms with Crippen molar-refractivity contribution in [1.29, 1.82) is 0 Å². The van der Waals surface area contributed by atoms with Crippen LogP contribution in [0.2, 0.25) is 0 Å². The van der Waals surface area contributed by atoms with Crippen LogP contribution in [0.25, 0.3) is 0 Å². The molecule has 1 saturated heterocycles. The summed E-state index contributed by atoms with van der Waals surface area (Å²) in [5, 5.41) is 0. The molecule has 0 radical (unpaired) electrons. The maximum absolute atomic E-state index is 2.67. The van der Waals surface area contributed by atoms with E-state index >= 15 is 0 Å². The maximum Gasteiger partial charge on any atom is 0.00728 e. The van der Waals surface area contributed by atoms with Crippen LogP contribution >= 0.6 is 0 Å². The molecule has 76 valence electrons. The molecule has 0 bridgehead atoms. The summed E-state index contributed by atoms with van der Waals surface area (Å²) in [4.78, 5) is 2.67. The van der Waals surface area contributed by atoms with Crippen molar-refractivity contribution < 1.29 is 0 Å². The quantitative estimate of drug-likeness (QED) is 0.601. The van der Waals surface area contributed by atoms with Crippen LogP contribution in [-0.2, 0) is 0 Å². The third kappa shape index (κ3) is 1.76. The van der Waals surface area contributed by atoms with Crippen molar-refractivity contribution in [3.8, 4) is 0 Å². The van der Waals surface area contributed by atoms with Crippen molar-refractivity contribution in [2.75, 3.05) is 13.1 Å². The SMILES string of the molecule is CCN1CC2(CCCCC2)CC1C. The molecule has 13 heavy (non-hydrogen) atoms. The Balaban J connectivity index is 2.01. The molecule has 0 N–H and O–H groups in total. The highest BCUT2D eigenvalue weighted by atomic mass is 15.2. The van der Waals surface area contributed by atoms with Gasteiger partial charge in [0.2, 0.25) is 0 Å². The Morgan fingerprint density at radius 1 is 1.23 bits per heavy atom. The minimum absolute atomic E-state index is 0.744. The van der Waals surface area contributed by atoms with Crippen LogP contribution < -0.4 is 0 Å². The third-order valence-corrected chi connectivity index (χ3v) is 4.21. The van der Waals surface area contributed by atoms with Crippen molar-refractivity contribution >= 4 is 0 Å². The zero-order valence-electron chi connectivity index (χ0n) is 9.18. The Hall–Kier alpha value is -0.0400. The van der Waals surface area contributed by atoms with E-state index in [1.807, 2.05) is 0 Å². The lowest BCUT2D eigenvalue weighted by molar-refractivity contribution is 0.187. The molecule has 1 atom stereocenters. The molecule has 1 nitrogen and oxygen atoms in total. The minimum atomic E-state index is 0.744. The number of rotatable bonds is 1. The molecule has 1 aliphatic carbocycles. The molecule has 1 unspecified atom stereocenters. The Morgan fingerprint density at radius 2 is 1.92 bits per heavy atom. The van der Waals surface area contributed by atoms with Gasteiger partial charge in [-0.1, -0.05) is 26.2 Å². The fraction of sp³-hybridized carbons (Fsp3) is 1.00. The zero-order chi connectivity index (χ0) is 9.31. The van der Waals surface area contributed by atoms with E-state index in [9.17, 15) is 0 Å². The molecule has 0 amide bonds. The second-order valence-electron chi connectivity index (χ2n) is 5.18. The smallest absolute Gasteiger partial charge is 0.00728 e. The van der Waals surface area contributed by atoms with Crippen LogP contribution in [-0.4, -0.2) is 24.0 Å². The van der Waals surface area contributed by atoms with E-state index in [0.29, 0.717) is 0 Å². The summed E-state index contributed by atoms with van der Waals surface area (Å²) >= 11 is 0. The average molecular weight is 181 g/mol. The van der Waals surface area contributed by atoms with Crippen LogP contribution in [0.5, 0.6) is 0 Å². The molecular formula is C12H23N. The molecule has 1 aliphatic heterocycles. The highest BCUT2D eigenvalue weighted by Crippen LogP contribution is 2.45. The number of hydrogen-bond acceptors (Lipinski definition) is 1. The van der Waals surface area contributed by atoms with Crippen molar-refractivity contribution in [2.45, 2.75) is 58.4 Å². The van der Waals surface area contributed by atoms with Gasteiger partial charge in [0.25, 0.3) is 0 Å². The molecule has 0 aromatic heterocycles. The van der Waals surface area contributed by atoms with Gasteiger partial charge in [0.05, 0.1) is 0 Å². The lowest BCUT2D eigenvalue weighted by atomic mass is 9.73. The first-order valence-corrected chi connectivity index (χ1v) is 6.00. The van der Waals surface area contributed by atoms with Gasteiger partial charge in [0, 0.05) is 12.6 Å². The maximum atomic E-state index is 2.67. The average Bonchev–Trinajstić information content (AvgIpc) is 2.44. The van der Waals surface area contributed by atoms with Crippen LogP contribution in [0, 0.1) is 5.41 Å². The lowest BCUT2D eigenvalue weighted by Crippen LogP contribution is -2.30. The molecule has 0 aromatic carbocycles. The second kappa shape index (κ2) is 3.61. The molecule has 1 heteroatoms. The number of nitrogens with zero attached hydrogens (tertiary/aromatic N) is 1. The van der Waals surface area contributed by atoms with Gasteiger partial charge >= 0.3 is 0 Å². The topological polar surface area (TPSA) is 3.24 Å². The summed E-state index contributed by atoms with van der Waals surface area (Å²) < 4.78 is 0. The number of hydrogen-bond donors (Lipinski definition) is 0. The van der Waals surface area contributed by atoms with Gasteiger partial charge in [-0.3, -0.25) is 0 Å². The monoisotopic (exact) mass is 181 g/mol. The van der Waals surface area contributed by atoms with Crippen molar-refractivity contribution in [2.24, 2.45) is 5.41 Å². The van der Waals surface area contributed by atoms with Gasteiger partial charge in [-0.05, 0) is 38.1 Å². The third-order valence-electron chi connectivity index (χ3n) is 4.21. The van der Waals surface area contributed by atoms with E-state index in [4.69, 9.17) is 0 Å². The van der Waals surface area contributed by atoms with E-state index in [1.165, 1.54) is 51.6 Å². The summed E-state index contributed by atoms with van der Waals surface area (Å²) in [6, 6.07) is 0.850. The van der Waals surface area contributed by atoms with E-state index in [2.05, 4.69) is 18.7 Å². The van der Waals surface area contributed by atoms with Crippen LogP contribution in [0.4, 0.5) is 0 Å². The molecule has 2 aliphatic rings. The molecular weight excluding hydrogens is 158 g/mol. The largest absolute Gasteiger partial charge is 0.300 e. The van der Waals surface area contributed by atoms with Gasteiger partial charge in [0.15, 0.2) is 0 Å². The predicted molar refractivity (Wildman–Crippen MR) is 56.8 cm³/mol. The molecule has 1 heterocycles. The number of likely N-dealkylation sites (tertiary alicyclic amines) is 1. The first-order valence-electron chi connectivity index (χ1n) is 6.00. The van der Waals surface area contributed by atoms with Crippen molar-refractivity contribution in [1.82, 2.24) is 4.90 Å². The Labute approximate surface area is 82.5 Å². The Morgan fingerprint density at radius 3 is 2.46 bits per heavy atom. The van der Waals surface area contributed by atoms with E-state index in [1.54, 1.807) is 0 Å². The summed E-state index contributed by atoms with van der Waals surface area (Å²) in [5.74, 6) is 0. The Bertz CT molecular complexity index is 170. The first kappa shape index (κ1) is 9.51. The van der Waals surface area contributed by atoms with Crippen molar-refractivity contribution in [3.63, 3.8) is 0 Å². The van der Waals surface area contributed by atoms with Crippen LogP contribution in [0.15, 0.2) is 0 Å². The van der Waals surface area contributed by atoms with E-state index < -0.39 is 0 Å². The van der Waals surface area contributed by atoms with Gasteiger partial charge in [-0.15, -0.1) is 0 Å². The molecule has 2 fully saturated rings. The molecule has 1 saturated carbocycles. The zero-order valence-corrected chi connectivity index (χ0v) is 9.18. The van der Waals surface area contributed by atoms with Gasteiger partial charge in [-0.25, -0.2) is 0 Å². The molecule has 1 spiro atoms. The highest BCUT2D eigenvalue weighted by molar-refractivity contribution is 4.95. The minimum Gasteiger partial charge on any atom is -0.300 e. The lowest BCUT2D eigenvalue weighted by Gasteiger charge is -2.33. The predicted octanol–water partition coefficient (Wildman–Crippen LogP) is 3.05. The second-order valence-corrected chi connectivity index (χ2v) is 5.18. The summed E-state index contributed by atoms with van der Waals surface area (Å²) in [5.41, 5.74) is 0.744. The Kier molecular flexibility index (Phi) is 2.64. The van der Waals surface area contributed by atoms with E-state index in [-0.39, 0.29) is 0 Å². The summed E-state index contributed by atoms with van der Waals surface area (Å²) in [6.45, 7) is 7.36. The first-order chi connectivity index (χ1) is 6.26. The van der Waals surface area contributed by atoms with Gasteiger partial charge < -0.3 is 4.90 Å². The van der Waals surface area contributed by atoms with E-state index in [0.717, 1.165) is 11.5 Å². The van der Waals surface area contributed by atoms with Gasteiger partial charge in [0.1, 0.15) is 0 Å². The molecule has 2 rings (SSSR count). The summed E-state index contributed by atoms with van der Waals surface area (Å²) in [7, 11) is 0. The fourth-order valence-electron chi connectivity index (χ4n) is 3.49. The van der Waals surface area contributed by atoms with Gasteiger partial charge in [-0.2, -0.15) is 0 Å². The fourth-order valence-corrected chi connectivity index (χ4v) is 3.49. The standard InChI is InChI=1S/C12H23N/c1-3-13-10-12(9-11(13)2)7-5-4-6-8-12/h11H,3-10H2,1-2H3. The van der Waals surface area contributed by atoms with Crippen LogP contribution in [0.1, 0.15) is 52.4 Å². The van der Waals surface area contributed by atoms with Crippen LogP contribution in [0.3, 0.4) is 0 Å². The van der Waals surface area contributed by atoms with Crippen molar-refractivity contribution in [3.05, 3.63) is 0 Å². The normalized spacial score (nSPS) is 34.2. The molecule has 0 aromatic rings.